The standard InChI is InChI=1S/C20H24Cl2N2O3S/c1-14(2)24-28(26,27)13-17-7-4-3-6-16(17)12-23-19(25)11-10-15-8-5-9-18(21)20(15)22/h3-9,14,24H,10-13H2,1-2H3,(H,23,25). The van der Waals surface area contributed by atoms with Crippen LogP contribution in [0.2, 0.25) is 10.0 Å². The van der Waals surface area contributed by atoms with Crippen LogP contribution in [0.4, 0.5) is 0 Å². The van der Waals surface area contributed by atoms with Gasteiger partial charge in [-0.05, 0) is 43.0 Å². The van der Waals surface area contributed by atoms with E-state index in [-0.39, 0.29) is 30.7 Å². The van der Waals surface area contributed by atoms with E-state index in [1.54, 1.807) is 38.1 Å². The predicted molar refractivity (Wildman–Crippen MR) is 114 cm³/mol. The van der Waals surface area contributed by atoms with Gasteiger partial charge in [-0.15, -0.1) is 0 Å². The summed E-state index contributed by atoms with van der Waals surface area (Å²) >= 11 is 12.1. The van der Waals surface area contributed by atoms with Gasteiger partial charge in [0.15, 0.2) is 0 Å². The van der Waals surface area contributed by atoms with Crippen LogP contribution in [0.15, 0.2) is 42.5 Å². The highest BCUT2D eigenvalue weighted by Gasteiger charge is 2.15. The third-order valence-electron chi connectivity index (χ3n) is 4.01. The smallest absolute Gasteiger partial charge is 0.220 e. The molecule has 0 bridgehead atoms. The molecule has 0 heterocycles. The first kappa shape index (κ1) is 22.7. The molecule has 0 saturated carbocycles. The maximum atomic E-state index is 12.2. The summed E-state index contributed by atoms with van der Waals surface area (Å²) in [5.74, 6) is -0.274. The van der Waals surface area contributed by atoms with Crippen molar-refractivity contribution in [3.63, 3.8) is 0 Å². The van der Waals surface area contributed by atoms with Crippen LogP contribution in [-0.2, 0) is 33.5 Å². The van der Waals surface area contributed by atoms with Gasteiger partial charge in [-0.1, -0.05) is 59.6 Å². The molecule has 5 nitrogen and oxygen atoms in total. The van der Waals surface area contributed by atoms with Gasteiger partial charge < -0.3 is 5.32 Å². The normalized spacial score (nSPS) is 11.6. The minimum Gasteiger partial charge on any atom is -0.352 e. The molecule has 0 atom stereocenters. The highest BCUT2D eigenvalue weighted by atomic mass is 35.5. The summed E-state index contributed by atoms with van der Waals surface area (Å²) in [6.07, 6.45) is 0.731. The molecule has 0 unspecified atom stereocenters. The number of rotatable bonds is 9. The van der Waals surface area contributed by atoms with Gasteiger partial charge in [0, 0.05) is 19.0 Å². The van der Waals surface area contributed by atoms with E-state index in [9.17, 15) is 13.2 Å². The Bertz CT molecular complexity index is 931. The van der Waals surface area contributed by atoms with Crippen molar-refractivity contribution in [2.24, 2.45) is 0 Å². The van der Waals surface area contributed by atoms with E-state index in [1.807, 2.05) is 18.2 Å². The van der Waals surface area contributed by atoms with Crippen LogP contribution < -0.4 is 10.0 Å². The highest BCUT2D eigenvalue weighted by molar-refractivity contribution is 7.88. The lowest BCUT2D eigenvalue weighted by Gasteiger charge is -2.13. The number of aryl methyl sites for hydroxylation is 1. The van der Waals surface area contributed by atoms with Crippen LogP contribution in [-0.4, -0.2) is 20.4 Å². The molecule has 2 aromatic carbocycles. The lowest BCUT2D eigenvalue weighted by molar-refractivity contribution is -0.121. The Kier molecular flexibility index (Phi) is 8.31. The zero-order valence-corrected chi connectivity index (χ0v) is 18.2. The quantitative estimate of drug-likeness (QED) is 0.614. The number of hydrogen-bond acceptors (Lipinski definition) is 3. The van der Waals surface area contributed by atoms with Crippen molar-refractivity contribution in [3.8, 4) is 0 Å². The number of benzene rings is 2. The van der Waals surface area contributed by atoms with Gasteiger partial charge in [0.2, 0.25) is 15.9 Å². The van der Waals surface area contributed by atoms with Crippen LogP contribution in [0.5, 0.6) is 0 Å². The Morgan fingerprint density at radius 2 is 1.64 bits per heavy atom. The number of halogens is 2. The molecule has 0 aliphatic heterocycles. The number of sulfonamides is 1. The first-order valence-corrected chi connectivity index (χ1v) is 11.3. The fourth-order valence-corrected chi connectivity index (χ4v) is 4.66. The molecular weight excluding hydrogens is 419 g/mol. The predicted octanol–water partition coefficient (Wildman–Crippen LogP) is 4.07. The minimum atomic E-state index is -3.44. The lowest BCUT2D eigenvalue weighted by Crippen LogP contribution is -2.32. The molecule has 0 aliphatic carbocycles. The van der Waals surface area contributed by atoms with E-state index >= 15 is 0 Å². The molecule has 0 radical (unpaired) electrons. The van der Waals surface area contributed by atoms with Gasteiger partial charge in [0.25, 0.3) is 0 Å². The Morgan fingerprint density at radius 3 is 2.32 bits per heavy atom. The van der Waals surface area contributed by atoms with Gasteiger partial charge in [0.05, 0.1) is 15.8 Å². The van der Waals surface area contributed by atoms with Crippen molar-refractivity contribution in [2.75, 3.05) is 0 Å². The molecule has 2 N–H and O–H groups in total. The molecule has 0 aliphatic rings. The van der Waals surface area contributed by atoms with E-state index in [0.29, 0.717) is 22.0 Å². The van der Waals surface area contributed by atoms with E-state index in [1.165, 1.54) is 0 Å². The van der Waals surface area contributed by atoms with Gasteiger partial charge >= 0.3 is 0 Å². The topological polar surface area (TPSA) is 75.3 Å². The maximum Gasteiger partial charge on any atom is 0.220 e. The average molecular weight is 443 g/mol. The van der Waals surface area contributed by atoms with Gasteiger partial charge in [-0.3, -0.25) is 4.79 Å². The van der Waals surface area contributed by atoms with Crippen LogP contribution in [0.25, 0.3) is 0 Å². The largest absolute Gasteiger partial charge is 0.352 e. The minimum absolute atomic E-state index is 0.130. The second-order valence-electron chi connectivity index (χ2n) is 6.79. The summed E-state index contributed by atoms with van der Waals surface area (Å²) in [5, 5.41) is 3.77. The zero-order valence-electron chi connectivity index (χ0n) is 15.8. The molecule has 152 valence electrons. The molecule has 8 heteroatoms. The molecule has 28 heavy (non-hydrogen) atoms. The number of hydrogen-bond donors (Lipinski definition) is 2. The summed E-state index contributed by atoms with van der Waals surface area (Å²) in [5.41, 5.74) is 2.25. The molecular formula is C20H24Cl2N2O3S. The Hall–Kier alpha value is -1.60. The second-order valence-corrected chi connectivity index (χ2v) is 9.33. The molecule has 0 fully saturated rings. The Labute approximate surface area is 176 Å². The monoisotopic (exact) mass is 442 g/mol. The first-order valence-electron chi connectivity index (χ1n) is 8.94. The number of nitrogens with one attached hydrogen (secondary N) is 2. The van der Waals surface area contributed by atoms with E-state index in [2.05, 4.69) is 10.0 Å². The number of carbonyl (C=O) groups is 1. The maximum absolute atomic E-state index is 12.2. The highest BCUT2D eigenvalue weighted by Crippen LogP contribution is 2.26. The van der Waals surface area contributed by atoms with E-state index in [0.717, 1.165) is 11.1 Å². The number of carbonyl (C=O) groups excluding carboxylic acids is 1. The summed E-state index contributed by atoms with van der Waals surface area (Å²) in [6, 6.07) is 12.3. The van der Waals surface area contributed by atoms with Gasteiger partial charge in [-0.2, -0.15) is 0 Å². The van der Waals surface area contributed by atoms with Gasteiger partial charge in [-0.25, -0.2) is 13.1 Å². The molecule has 2 aromatic rings. The third-order valence-corrected chi connectivity index (χ3v) is 6.39. The van der Waals surface area contributed by atoms with E-state index < -0.39 is 10.0 Å². The molecule has 2 rings (SSSR count). The van der Waals surface area contributed by atoms with Crippen molar-refractivity contribution in [2.45, 2.75) is 45.0 Å². The van der Waals surface area contributed by atoms with Crippen LogP contribution in [0, 0.1) is 0 Å². The fraction of sp³-hybridized carbons (Fsp3) is 0.350. The summed E-state index contributed by atoms with van der Waals surface area (Å²) in [7, 11) is -3.44. The van der Waals surface area contributed by atoms with Crippen LogP contribution in [0.1, 0.15) is 37.0 Å². The lowest BCUT2D eigenvalue weighted by atomic mass is 10.1. The second kappa shape index (κ2) is 10.3. The summed E-state index contributed by atoms with van der Waals surface area (Å²) < 4.78 is 27.0. The average Bonchev–Trinajstić information content (AvgIpc) is 2.60. The van der Waals surface area contributed by atoms with Crippen LogP contribution in [0.3, 0.4) is 0 Å². The van der Waals surface area contributed by atoms with Crippen molar-refractivity contribution < 1.29 is 13.2 Å². The van der Waals surface area contributed by atoms with Crippen molar-refractivity contribution in [3.05, 3.63) is 69.2 Å². The Morgan fingerprint density at radius 1 is 1.00 bits per heavy atom. The van der Waals surface area contributed by atoms with Crippen molar-refractivity contribution >= 4 is 39.1 Å². The van der Waals surface area contributed by atoms with Crippen LogP contribution >= 0.6 is 23.2 Å². The number of amides is 1. The zero-order chi connectivity index (χ0) is 20.7. The van der Waals surface area contributed by atoms with Gasteiger partial charge in [0.1, 0.15) is 0 Å². The SMILES string of the molecule is CC(C)NS(=O)(=O)Cc1ccccc1CNC(=O)CCc1cccc(Cl)c1Cl. The fourth-order valence-electron chi connectivity index (χ4n) is 2.75. The van der Waals surface area contributed by atoms with E-state index in [4.69, 9.17) is 23.2 Å². The molecule has 0 aromatic heterocycles. The molecule has 0 spiro atoms. The van der Waals surface area contributed by atoms with Crippen molar-refractivity contribution in [1.82, 2.24) is 10.0 Å². The van der Waals surface area contributed by atoms with Crippen molar-refractivity contribution in [1.29, 1.82) is 0 Å². The Balaban J connectivity index is 1.95. The molecule has 1 amide bonds. The first-order chi connectivity index (χ1) is 13.2. The molecule has 0 saturated heterocycles. The summed E-state index contributed by atoms with van der Waals surface area (Å²) in [4.78, 5) is 12.2. The third kappa shape index (κ3) is 7.09. The summed E-state index contributed by atoms with van der Waals surface area (Å²) in [6.45, 7) is 3.81.